The second kappa shape index (κ2) is 8.47. The lowest BCUT2D eigenvalue weighted by Gasteiger charge is -2.19. The first kappa shape index (κ1) is 18.7. The van der Waals surface area contributed by atoms with Gasteiger partial charge in [-0.25, -0.2) is 4.79 Å². The van der Waals surface area contributed by atoms with E-state index in [1.54, 1.807) is 0 Å². The van der Waals surface area contributed by atoms with E-state index in [9.17, 15) is 9.00 Å². The van der Waals surface area contributed by atoms with Crippen LogP contribution in [0.15, 0.2) is 36.4 Å². The fourth-order valence-electron chi connectivity index (χ4n) is 2.56. The molecule has 2 atom stereocenters. The first-order chi connectivity index (χ1) is 11.3. The molecule has 2 N–H and O–H groups in total. The number of allylic oxidation sites excluding steroid dienone is 2. The van der Waals surface area contributed by atoms with Crippen molar-refractivity contribution in [1.82, 2.24) is 5.32 Å². The van der Waals surface area contributed by atoms with E-state index in [2.05, 4.69) is 22.8 Å². The molecule has 0 heterocycles. The van der Waals surface area contributed by atoms with Gasteiger partial charge in [-0.15, -0.1) is 0 Å². The minimum atomic E-state index is -0.951. The Morgan fingerprint density at radius 3 is 2.75 bits per heavy atom. The van der Waals surface area contributed by atoms with Crippen LogP contribution < -0.4 is 10.6 Å². The van der Waals surface area contributed by atoms with Crippen LogP contribution in [0, 0.1) is 5.92 Å². The number of carbonyl (C=O) groups is 1. The Kier molecular flexibility index (Phi) is 6.60. The van der Waals surface area contributed by atoms with Crippen LogP contribution in [0.5, 0.6) is 0 Å². The maximum absolute atomic E-state index is 12.3. The third-order valence-electron chi connectivity index (χ3n) is 4.09. The molecule has 0 spiro atoms. The van der Waals surface area contributed by atoms with E-state index >= 15 is 0 Å². The van der Waals surface area contributed by atoms with Crippen molar-refractivity contribution in [2.75, 3.05) is 11.9 Å². The number of hydrogen-bond donors (Lipinski definition) is 2. The molecule has 0 unspecified atom stereocenters. The number of anilines is 1. The molecule has 0 saturated heterocycles. The van der Waals surface area contributed by atoms with E-state index in [0.717, 1.165) is 30.5 Å². The molecule has 0 fully saturated rings. The van der Waals surface area contributed by atoms with Gasteiger partial charge in [0, 0.05) is 33.5 Å². The summed E-state index contributed by atoms with van der Waals surface area (Å²) in [6.07, 6.45) is 7.65. The molecule has 5 heteroatoms. The highest BCUT2D eigenvalue weighted by molar-refractivity contribution is 7.85. The highest BCUT2D eigenvalue weighted by Crippen LogP contribution is 2.19. The van der Waals surface area contributed by atoms with Crippen LogP contribution >= 0.6 is 0 Å². The molecule has 0 radical (unpaired) electrons. The van der Waals surface area contributed by atoms with Crippen LogP contribution in [0.25, 0.3) is 0 Å². The Labute approximate surface area is 147 Å². The fraction of sp³-hybridized carbons (Fsp3) is 0.526. The molecule has 24 heavy (non-hydrogen) atoms. The Balaban J connectivity index is 1.85. The van der Waals surface area contributed by atoms with Crippen LogP contribution in [0.2, 0.25) is 0 Å². The molecular weight excluding hydrogens is 320 g/mol. The Morgan fingerprint density at radius 1 is 1.29 bits per heavy atom. The van der Waals surface area contributed by atoms with E-state index in [4.69, 9.17) is 0 Å². The van der Waals surface area contributed by atoms with Crippen LogP contribution in [-0.4, -0.2) is 21.5 Å². The van der Waals surface area contributed by atoms with Gasteiger partial charge in [-0.1, -0.05) is 24.3 Å². The minimum absolute atomic E-state index is 0.182. The van der Waals surface area contributed by atoms with Crippen molar-refractivity contribution in [1.29, 1.82) is 0 Å². The highest BCUT2D eigenvalue weighted by atomic mass is 32.2. The molecule has 1 aliphatic rings. The largest absolute Gasteiger partial charge is 0.338 e. The van der Waals surface area contributed by atoms with Gasteiger partial charge in [0.05, 0.1) is 0 Å². The molecule has 1 aromatic rings. The summed E-state index contributed by atoms with van der Waals surface area (Å²) in [7, 11) is -0.951. The standard InChI is InChI=1S/C19H28N2O2S/c1-19(2,3)24(23)14-16-10-7-11-17(12-16)21-18(22)20-13-15-8-5-4-6-9-15/h4-5,7,10-12,15H,6,8-9,13-14H2,1-3H3,(H2,20,21,22)/t15-,24+/m0/s1. The second-order valence-corrected chi connectivity index (χ2v) is 9.49. The lowest BCUT2D eigenvalue weighted by Crippen LogP contribution is -2.33. The predicted octanol–water partition coefficient (Wildman–Crippen LogP) is 4.21. The van der Waals surface area contributed by atoms with Crippen molar-refractivity contribution in [2.45, 2.75) is 50.5 Å². The lowest BCUT2D eigenvalue weighted by atomic mass is 9.94. The summed E-state index contributed by atoms with van der Waals surface area (Å²) < 4.78 is 12.0. The molecule has 0 aliphatic heterocycles. The maximum Gasteiger partial charge on any atom is 0.319 e. The van der Waals surface area contributed by atoms with Crippen molar-refractivity contribution >= 4 is 22.5 Å². The summed E-state index contributed by atoms with van der Waals surface area (Å²) in [5, 5.41) is 5.81. The summed E-state index contributed by atoms with van der Waals surface area (Å²) in [6, 6.07) is 7.40. The van der Waals surface area contributed by atoms with E-state index in [1.165, 1.54) is 0 Å². The molecule has 1 aliphatic carbocycles. The van der Waals surface area contributed by atoms with E-state index in [1.807, 2.05) is 45.0 Å². The van der Waals surface area contributed by atoms with Gasteiger partial charge in [0.1, 0.15) is 0 Å². The quantitative estimate of drug-likeness (QED) is 0.783. The third kappa shape index (κ3) is 6.11. The van der Waals surface area contributed by atoms with Crippen molar-refractivity contribution in [3.05, 3.63) is 42.0 Å². The molecule has 1 aromatic carbocycles. The van der Waals surface area contributed by atoms with E-state index in [-0.39, 0.29) is 10.8 Å². The van der Waals surface area contributed by atoms with Gasteiger partial charge in [-0.3, -0.25) is 4.21 Å². The van der Waals surface area contributed by atoms with Gasteiger partial charge in [-0.05, 0) is 63.6 Å². The normalized spacial score (nSPS) is 18.9. The average molecular weight is 349 g/mol. The lowest BCUT2D eigenvalue weighted by molar-refractivity contribution is 0.249. The van der Waals surface area contributed by atoms with Crippen molar-refractivity contribution in [2.24, 2.45) is 5.92 Å². The molecule has 2 amide bonds. The fourth-order valence-corrected chi connectivity index (χ4v) is 3.48. The van der Waals surface area contributed by atoms with Crippen LogP contribution in [0.4, 0.5) is 10.5 Å². The van der Waals surface area contributed by atoms with E-state index < -0.39 is 10.8 Å². The van der Waals surface area contributed by atoms with Gasteiger partial charge in [0.25, 0.3) is 0 Å². The summed E-state index contributed by atoms with van der Waals surface area (Å²) in [5.74, 6) is 1.02. The van der Waals surface area contributed by atoms with Crippen molar-refractivity contribution in [3.63, 3.8) is 0 Å². The Morgan fingerprint density at radius 2 is 2.08 bits per heavy atom. The van der Waals surface area contributed by atoms with Gasteiger partial charge in [0.2, 0.25) is 0 Å². The monoisotopic (exact) mass is 348 g/mol. The summed E-state index contributed by atoms with van der Waals surface area (Å²) in [6.45, 7) is 6.61. The zero-order valence-electron chi connectivity index (χ0n) is 14.8. The summed E-state index contributed by atoms with van der Waals surface area (Å²) in [4.78, 5) is 12.0. The topological polar surface area (TPSA) is 58.2 Å². The number of nitrogens with one attached hydrogen (secondary N) is 2. The predicted molar refractivity (Wildman–Crippen MR) is 102 cm³/mol. The van der Waals surface area contributed by atoms with Crippen molar-refractivity contribution in [3.8, 4) is 0 Å². The van der Waals surface area contributed by atoms with Gasteiger partial charge in [0.15, 0.2) is 0 Å². The molecule has 0 saturated carbocycles. The summed E-state index contributed by atoms with van der Waals surface area (Å²) >= 11 is 0. The van der Waals surface area contributed by atoms with Crippen LogP contribution in [0.3, 0.4) is 0 Å². The average Bonchev–Trinajstić information content (AvgIpc) is 2.53. The minimum Gasteiger partial charge on any atom is -0.338 e. The molecule has 0 bridgehead atoms. The van der Waals surface area contributed by atoms with E-state index in [0.29, 0.717) is 18.2 Å². The van der Waals surface area contributed by atoms with Crippen LogP contribution in [0.1, 0.15) is 45.6 Å². The van der Waals surface area contributed by atoms with Gasteiger partial charge in [-0.2, -0.15) is 0 Å². The molecule has 132 valence electrons. The number of carbonyl (C=O) groups excluding carboxylic acids is 1. The number of rotatable bonds is 5. The summed E-state index contributed by atoms with van der Waals surface area (Å²) in [5.41, 5.74) is 1.71. The molecule has 2 rings (SSSR count). The molecular formula is C19H28N2O2S. The highest BCUT2D eigenvalue weighted by Gasteiger charge is 2.19. The number of urea groups is 1. The molecule has 4 nitrogen and oxygen atoms in total. The van der Waals surface area contributed by atoms with Gasteiger partial charge < -0.3 is 10.6 Å². The third-order valence-corrected chi connectivity index (χ3v) is 6.06. The van der Waals surface area contributed by atoms with Crippen molar-refractivity contribution < 1.29 is 9.00 Å². The van der Waals surface area contributed by atoms with Crippen LogP contribution in [-0.2, 0) is 16.6 Å². The van der Waals surface area contributed by atoms with Gasteiger partial charge >= 0.3 is 6.03 Å². The Bertz CT molecular complexity index is 620. The molecule has 0 aromatic heterocycles. The number of amides is 2. The zero-order chi connectivity index (χ0) is 17.6. The maximum atomic E-state index is 12.3. The second-order valence-electron chi connectivity index (χ2n) is 7.29. The first-order valence-corrected chi connectivity index (χ1v) is 9.84. The smallest absolute Gasteiger partial charge is 0.319 e. The number of hydrogen-bond acceptors (Lipinski definition) is 2. The Hall–Kier alpha value is -1.62. The first-order valence-electron chi connectivity index (χ1n) is 8.52. The zero-order valence-corrected chi connectivity index (χ0v) is 15.6. The SMILES string of the molecule is CC(C)(C)[S@](=O)Cc1cccc(NC(=O)NC[C@H]2CC=CCC2)c1. The number of benzene rings is 1.